The average Bonchev–Trinajstić information content (AvgIpc) is 2.78. The zero-order chi connectivity index (χ0) is 11.2. The van der Waals surface area contributed by atoms with E-state index in [1.807, 2.05) is 53.2 Å². The maximum absolute atomic E-state index is 4.67. The summed E-state index contributed by atoms with van der Waals surface area (Å²) in [4.78, 5) is 9.12. The van der Waals surface area contributed by atoms with Gasteiger partial charge in [0, 0.05) is 23.3 Å². The van der Waals surface area contributed by atoms with Crippen molar-refractivity contribution in [1.29, 1.82) is 0 Å². The molecule has 0 saturated heterocycles. The molecule has 0 fully saturated rings. The Morgan fingerprint density at radius 2 is 1.82 bits per heavy atom. The van der Waals surface area contributed by atoms with Gasteiger partial charge in [-0.05, 0) is 18.2 Å². The lowest BCUT2D eigenvalue weighted by molar-refractivity contribution is 1.07. The summed E-state index contributed by atoms with van der Waals surface area (Å²) in [7, 11) is 0. The van der Waals surface area contributed by atoms with Crippen molar-refractivity contribution in [3.63, 3.8) is 0 Å². The van der Waals surface area contributed by atoms with Gasteiger partial charge >= 0.3 is 0 Å². The van der Waals surface area contributed by atoms with Crippen LogP contribution in [0.2, 0.25) is 0 Å². The SMILES string of the molecule is c1ccc2c3cnc4ccccn4c-3nc2c1. The molecule has 2 aromatic rings. The van der Waals surface area contributed by atoms with Crippen molar-refractivity contribution in [2.24, 2.45) is 0 Å². The standard InChI is InChI=1S/C14H9N3/c1-2-6-12-10(5-1)11-9-15-13-7-3-4-8-17(13)14(11)16-12/h1-9H. The summed E-state index contributed by atoms with van der Waals surface area (Å²) in [5, 5.41) is 1.16. The molecule has 0 spiro atoms. The lowest BCUT2D eigenvalue weighted by Crippen LogP contribution is -1.96. The Morgan fingerprint density at radius 1 is 0.941 bits per heavy atom. The van der Waals surface area contributed by atoms with Gasteiger partial charge in [0.25, 0.3) is 0 Å². The van der Waals surface area contributed by atoms with Gasteiger partial charge in [0.15, 0.2) is 0 Å². The highest BCUT2D eigenvalue weighted by Gasteiger charge is 2.14. The van der Waals surface area contributed by atoms with Gasteiger partial charge in [0.1, 0.15) is 11.5 Å². The third-order valence-electron chi connectivity index (χ3n) is 3.05. The third-order valence-corrected chi connectivity index (χ3v) is 3.05. The predicted octanol–water partition coefficient (Wildman–Crippen LogP) is 2.99. The Kier molecular flexibility index (Phi) is 1.56. The number of aromatic nitrogens is 3. The summed E-state index contributed by atoms with van der Waals surface area (Å²) in [6, 6.07) is 14.1. The first-order chi connectivity index (χ1) is 8.43. The fourth-order valence-corrected chi connectivity index (χ4v) is 2.25. The Balaban J connectivity index is 2.28. The van der Waals surface area contributed by atoms with Crippen molar-refractivity contribution in [1.82, 2.24) is 14.4 Å². The van der Waals surface area contributed by atoms with E-state index < -0.39 is 0 Å². The number of pyridine rings is 1. The van der Waals surface area contributed by atoms with E-state index in [0.29, 0.717) is 0 Å². The van der Waals surface area contributed by atoms with E-state index in [1.54, 1.807) is 0 Å². The number of para-hydroxylation sites is 1. The van der Waals surface area contributed by atoms with Crippen LogP contribution >= 0.6 is 0 Å². The number of hydrogen-bond donors (Lipinski definition) is 0. The van der Waals surface area contributed by atoms with E-state index in [0.717, 1.165) is 27.9 Å². The number of rotatable bonds is 0. The summed E-state index contributed by atoms with van der Waals surface area (Å²) in [6.45, 7) is 0. The molecule has 1 aromatic heterocycles. The molecule has 0 atom stereocenters. The van der Waals surface area contributed by atoms with E-state index >= 15 is 0 Å². The molecule has 0 bridgehead atoms. The van der Waals surface area contributed by atoms with E-state index in [1.165, 1.54) is 0 Å². The van der Waals surface area contributed by atoms with Gasteiger partial charge < -0.3 is 0 Å². The van der Waals surface area contributed by atoms with Crippen LogP contribution in [0.25, 0.3) is 27.9 Å². The van der Waals surface area contributed by atoms with Gasteiger partial charge in [0.05, 0.1) is 5.52 Å². The van der Waals surface area contributed by atoms with Gasteiger partial charge in [-0.25, -0.2) is 9.97 Å². The van der Waals surface area contributed by atoms with Gasteiger partial charge in [-0.2, -0.15) is 0 Å². The van der Waals surface area contributed by atoms with Gasteiger partial charge in [-0.15, -0.1) is 0 Å². The number of nitrogens with zero attached hydrogens (tertiary/aromatic N) is 3. The monoisotopic (exact) mass is 219 g/mol. The van der Waals surface area contributed by atoms with Gasteiger partial charge in [0.2, 0.25) is 0 Å². The molecule has 0 N–H and O–H groups in total. The van der Waals surface area contributed by atoms with Crippen LogP contribution in [-0.2, 0) is 0 Å². The first-order valence-electron chi connectivity index (χ1n) is 5.54. The molecule has 1 aromatic carbocycles. The highest BCUT2D eigenvalue weighted by Crippen LogP contribution is 2.30. The molecule has 0 amide bonds. The predicted molar refractivity (Wildman–Crippen MR) is 67.1 cm³/mol. The summed E-state index contributed by atoms with van der Waals surface area (Å²) in [6.07, 6.45) is 3.90. The third kappa shape index (κ3) is 1.11. The molecule has 0 saturated carbocycles. The molecule has 3 nitrogen and oxygen atoms in total. The molecular formula is C14H9N3. The summed E-state index contributed by atoms with van der Waals surface area (Å²) < 4.78 is 2.02. The van der Waals surface area contributed by atoms with E-state index in [-0.39, 0.29) is 0 Å². The van der Waals surface area contributed by atoms with Crippen LogP contribution < -0.4 is 0 Å². The van der Waals surface area contributed by atoms with Gasteiger partial charge in [-0.3, -0.25) is 4.40 Å². The van der Waals surface area contributed by atoms with Crippen molar-refractivity contribution < 1.29 is 0 Å². The smallest absolute Gasteiger partial charge is 0.148 e. The average molecular weight is 219 g/mol. The Bertz CT molecular complexity index is 801. The molecule has 3 heteroatoms. The Labute approximate surface area is 97.7 Å². The Morgan fingerprint density at radius 3 is 2.82 bits per heavy atom. The molecule has 80 valence electrons. The molecular weight excluding hydrogens is 210 g/mol. The Hall–Kier alpha value is -2.42. The van der Waals surface area contributed by atoms with Crippen molar-refractivity contribution in [3.8, 4) is 11.4 Å². The van der Waals surface area contributed by atoms with E-state index in [4.69, 9.17) is 0 Å². The summed E-state index contributed by atoms with van der Waals surface area (Å²) >= 11 is 0. The summed E-state index contributed by atoms with van der Waals surface area (Å²) in [5.74, 6) is 0.969. The number of benzene rings is 1. The second-order valence-corrected chi connectivity index (χ2v) is 4.05. The van der Waals surface area contributed by atoms with Crippen LogP contribution in [0.3, 0.4) is 0 Å². The quantitative estimate of drug-likeness (QED) is 0.455. The van der Waals surface area contributed by atoms with Crippen molar-refractivity contribution in [2.45, 2.75) is 0 Å². The lowest BCUT2D eigenvalue weighted by atomic mass is 10.2. The molecule has 2 aliphatic rings. The van der Waals surface area contributed by atoms with Crippen molar-refractivity contribution in [2.75, 3.05) is 0 Å². The highest BCUT2D eigenvalue weighted by atomic mass is 15.0. The fraction of sp³-hybridized carbons (Fsp3) is 0. The molecule has 0 radical (unpaired) electrons. The van der Waals surface area contributed by atoms with Crippen LogP contribution in [0, 0.1) is 0 Å². The minimum atomic E-state index is 0.919. The maximum Gasteiger partial charge on any atom is 0.148 e. The first-order valence-corrected chi connectivity index (χ1v) is 5.54. The second kappa shape index (κ2) is 3.04. The minimum absolute atomic E-state index is 0.919. The molecule has 2 aliphatic heterocycles. The van der Waals surface area contributed by atoms with Crippen LogP contribution in [0.5, 0.6) is 0 Å². The van der Waals surface area contributed by atoms with Crippen LogP contribution in [0.1, 0.15) is 0 Å². The number of fused-ring (bicyclic) bond motifs is 5. The van der Waals surface area contributed by atoms with E-state index in [2.05, 4.69) is 16.0 Å². The van der Waals surface area contributed by atoms with Crippen LogP contribution in [0.4, 0.5) is 0 Å². The fourth-order valence-electron chi connectivity index (χ4n) is 2.25. The zero-order valence-corrected chi connectivity index (χ0v) is 9.04. The molecule has 0 unspecified atom stereocenters. The molecule has 0 aliphatic carbocycles. The minimum Gasteiger partial charge on any atom is -0.285 e. The molecule has 17 heavy (non-hydrogen) atoms. The topological polar surface area (TPSA) is 30.2 Å². The van der Waals surface area contributed by atoms with Crippen molar-refractivity contribution in [3.05, 3.63) is 54.9 Å². The largest absolute Gasteiger partial charge is 0.285 e. The van der Waals surface area contributed by atoms with Gasteiger partial charge in [-0.1, -0.05) is 24.3 Å². The second-order valence-electron chi connectivity index (χ2n) is 4.05. The highest BCUT2D eigenvalue weighted by molar-refractivity contribution is 5.96. The maximum atomic E-state index is 4.67. The number of hydrogen-bond acceptors (Lipinski definition) is 2. The molecule has 4 rings (SSSR count). The van der Waals surface area contributed by atoms with Crippen LogP contribution in [-0.4, -0.2) is 14.4 Å². The first kappa shape index (κ1) is 8.70. The molecule has 3 heterocycles. The lowest BCUT2D eigenvalue weighted by Gasteiger charge is -2.04. The summed E-state index contributed by atoms with van der Waals surface area (Å²) in [5.41, 5.74) is 3.04. The zero-order valence-electron chi connectivity index (χ0n) is 9.04. The van der Waals surface area contributed by atoms with Crippen LogP contribution in [0.15, 0.2) is 54.9 Å². The normalized spacial score (nSPS) is 11.5. The van der Waals surface area contributed by atoms with Crippen molar-refractivity contribution >= 4 is 16.6 Å². The van der Waals surface area contributed by atoms with E-state index in [9.17, 15) is 0 Å².